The van der Waals surface area contributed by atoms with Crippen molar-refractivity contribution in [2.45, 2.75) is 19.4 Å². The Morgan fingerprint density at radius 2 is 1.78 bits per heavy atom. The molecule has 3 N–H and O–H groups in total. The van der Waals surface area contributed by atoms with Crippen LogP contribution >= 0.6 is 11.6 Å². The molecule has 3 heteroatoms. The quantitative estimate of drug-likeness (QED) is 0.653. The van der Waals surface area contributed by atoms with Crippen LogP contribution in [-0.2, 0) is 6.42 Å². The Labute approximate surface area is 113 Å². The van der Waals surface area contributed by atoms with E-state index in [4.69, 9.17) is 17.4 Å². The maximum atomic E-state index is 6.21. The fraction of sp³-hybridized carbons (Fsp3) is 0.200. The van der Waals surface area contributed by atoms with Crippen molar-refractivity contribution in [3.63, 3.8) is 0 Å². The van der Waals surface area contributed by atoms with Crippen molar-refractivity contribution in [2.75, 3.05) is 0 Å². The van der Waals surface area contributed by atoms with Crippen LogP contribution in [-0.4, -0.2) is 0 Å². The van der Waals surface area contributed by atoms with E-state index in [1.165, 1.54) is 11.1 Å². The van der Waals surface area contributed by atoms with Gasteiger partial charge in [0.15, 0.2) is 0 Å². The van der Waals surface area contributed by atoms with Gasteiger partial charge in [-0.15, -0.1) is 0 Å². The van der Waals surface area contributed by atoms with Crippen molar-refractivity contribution in [3.05, 3.63) is 70.2 Å². The molecule has 0 aliphatic rings. The lowest BCUT2D eigenvalue weighted by Gasteiger charge is -2.18. The molecule has 94 valence electrons. The van der Waals surface area contributed by atoms with E-state index in [2.05, 4.69) is 24.5 Å². The van der Waals surface area contributed by atoms with Crippen LogP contribution in [0.15, 0.2) is 48.5 Å². The molecule has 0 bridgehead atoms. The molecule has 2 nitrogen and oxygen atoms in total. The number of halogens is 1. The van der Waals surface area contributed by atoms with Gasteiger partial charge in [0.05, 0.1) is 6.04 Å². The van der Waals surface area contributed by atoms with E-state index in [1.807, 2.05) is 36.4 Å². The Balaban J connectivity index is 2.26. The van der Waals surface area contributed by atoms with Crippen LogP contribution in [0.5, 0.6) is 0 Å². The summed E-state index contributed by atoms with van der Waals surface area (Å²) in [6.07, 6.45) is 0.826. The lowest BCUT2D eigenvalue weighted by molar-refractivity contribution is 0.551. The predicted octanol–water partition coefficient (Wildman–Crippen LogP) is 3.40. The first-order valence-corrected chi connectivity index (χ1v) is 6.35. The Hall–Kier alpha value is -1.35. The van der Waals surface area contributed by atoms with Gasteiger partial charge in [0.25, 0.3) is 0 Å². The topological polar surface area (TPSA) is 38.0 Å². The minimum Gasteiger partial charge on any atom is -0.271 e. The second-order valence-corrected chi connectivity index (χ2v) is 4.78. The van der Waals surface area contributed by atoms with Crippen LogP contribution in [0.25, 0.3) is 0 Å². The standard InChI is InChI=1S/C15H17ClN2/c1-11-6-2-3-7-12(11)10-15(18-17)13-8-4-5-9-14(13)16/h2-9,15,18H,10,17H2,1H3. The first-order chi connectivity index (χ1) is 8.72. The summed E-state index contributed by atoms with van der Waals surface area (Å²) in [7, 11) is 0. The summed E-state index contributed by atoms with van der Waals surface area (Å²) in [6.45, 7) is 2.11. The molecular weight excluding hydrogens is 244 g/mol. The van der Waals surface area contributed by atoms with Gasteiger partial charge in [-0.05, 0) is 36.1 Å². The third kappa shape index (κ3) is 2.91. The summed E-state index contributed by atoms with van der Waals surface area (Å²) in [5, 5.41) is 0.744. The molecular formula is C15H17ClN2. The van der Waals surface area contributed by atoms with Gasteiger partial charge < -0.3 is 0 Å². The number of hydrogen-bond acceptors (Lipinski definition) is 2. The molecule has 2 aromatic carbocycles. The van der Waals surface area contributed by atoms with Crippen molar-refractivity contribution < 1.29 is 0 Å². The Morgan fingerprint density at radius 3 is 2.44 bits per heavy atom. The summed E-state index contributed by atoms with van der Waals surface area (Å²) >= 11 is 6.21. The number of nitrogens with one attached hydrogen (secondary N) is 1. The average molecular weight is 261 g/mol. The smallest absolute Gasteiger partial charge is 0.0515 e. The molecule has 0 fully saturated rings. The molecule has 2 rings (SSSR count). The average Bonchev–Trinajstić information content (AvgIpc) is 2.39. The third-order valence-electron chi connectivity index (χ3n) is 3.17. The first kappa shape index (κ1) is 13.1. The van der Waals surface area contributed by atoms with E-state index in [0.29, 0.717) is 0 Å². The van der Waals surface area contributed by atoms with Crippen LogP contribution in [0.3, 0.4) is 0 Å². The minimum atomic E-state index is 0.0276. The number of aryl methyl sites for hydroxylation is 1. The Kier molecular flexibility index (Phi) is 4.37. The largest absolute Gasteiger partial charge is 0.271 e. The lowest BCUT2D eigenvalue weighted by Crippen LogP contribution is -2.30. The molecule has 0 aliphatic carbocycles. The minimum absolute atomic E-state index is 0.0276. The summed E-state index contributed by atoms with van der Waals surface area (Å²) in [5.41, 5.74) is 6.43. The van der Waals surface area contributed by atoms with E-state index < -0.39 is 0 Å². The molecule has 0 saturated heterocycles. The molecule has 0 heterocycles. The molecule has 0 amide bonds. The summed E-state index contributed by atoms with van der Waals surface area (Å²) in [6, 6.07) is 16.1. The fourth-order valence-electron chi connectivity index (χ4n) is 2.08. The second kappa shape index (κ2) is 6.01. The molecule has 1 atom stereocenters. The first-order valence-electron chi connectivity index (χ1n) is 5.97. The van der Waals surface area contributed by atoms with Crippen LogP contribution in [0, 0.1) is 6.92 Å². The van der Waals surface area contributed by atoms with Gasteiger partial charge in [0.1, 0.15) is 0 Å². The van der Waals surface area contributed by atoms with Crippen LogP contribution in [0.1, 0.15) is 22.7 Å². The number of hydrazine groups is 1. The molecule has 0 radical (unpaired) electrons. The van der Waals surface area contributed by atoms with Gasteiger partial charge in [-0.25, -0.2) is 0 Å². The van der Waals surface area contributed by atoms with Gasteiger partial charge in [-0.3, -0.25) is 11.3 Å². The summed E-state index contributed by atoms with van der Waals surface area (Å²) in [5.74, 6) is 5.66. The van der Waals surface area contributed by atoms with Crippen molar-refractivity contribution in [3.8, 4) is 0 Å². The predicted molar refractivity (Wildman–Crippen MR) is 76.4 cm³/mol. The number of rotatable bonds is 4. The van der Waals surface area contributed by atoms with Crippen LogP contribution < -0.4 is 11.3 Å². The van der Waals surface area contributed by atoms with Crippen LogP contribution in [0.2, 0.25) is 5.02 Å². The van der Waals surface area contributed by atoms with Gasteiger partial charge >= 0.3 is 0 Å². The van der Waals surface area contributed by atoms with Crippen molar-refractivity contribution in [1.82, 2.24) is 5.43 Å². The van der Waals surface area contributed by atoms with Crippen molar-refractivity contribution in [1.29, 1.82) is 0 Å². The van der Waals surface area contributed by atoms with Crippen molar-refractivity contribution >= 4 is 11.6 Å². The number of benzene rings is 2. The van der Waals surface area contributed by atoms with Crippen LogP contribution in [0.4, 0.5) is 0 Å². The van der Waals surface area contributed by atoms with E-state index >= 15 is 0 Å². The maximum absolute atomic E-state index is 6.21. The highest BCUT2D eigenvalue weighted by Gasteiger charge is 2.14. The number of nitrogens with two attached hydrogens (primary N) is 1. The van der Waals surface area contributed by atoms with Gasteiger partial charge in [-0.2, -0.15) is 0 Å². The highest BCUT2D eigenvalue weighted by molar-refractivity contribution is 6.31. The van der Waals surface area contributed by atoms with E-state index in [9.17, 15) is 0 Å². The highest BCUT2D eigenvalue weighted by atomic mass is 35.5. The molecule has 1 unspecified atom stereocenters. The zero-order chi connectivity index (χ0) is 13.0. The molecule has 0 saturated carbocycles. The zero-order valence-electron chi connectivity index (χ0n) is 10.4. The second-order valence-electron chi connectivity index (χ2n) is 4.37. The molecule has 0 aromatic heterocycles. The van der Waals surface area contributed by atoms with Gasteiger partial charge in [0.2, 0.25) is 0 Å². The highest BCUT2D eigenvalue weighted by Crippen LogP contribution is 2.25. The third-order valence-corrected chi connectivity index (χ3v) is 3.51. The van der Waals surface area contributed by atoms with Crippen molar-refractivity contribution in [2.24, 2.45) is 5.84 Å². The summed E-state index contributed by atoms with van der Waals surface area (Å²) in [4.78, 5) is 0. The Morgan fingerprint density at radius 1 is 1.11 bits per heavy atom. The maximum Gasteiger partial charge on any atom is 0.0515 e. The lowest BCUT2D eigenvalue weighted by atomic mass is 9.96. The van der Waals surface area contributed by atoms with E-state index in [-0.39, 0.29) is 6.04 Å². The molecule has 18 heavy (non-hydrogen) atoms. The number of hydrogen-bond donors (Lipinski definition) is 2. The van der Waals surface area contributed by atoms with E-state index in [1.54, 1.807) is 0 Å². The SMILES string of the molecule is Cc1ccccc1CC(NN)c1ccccc1Cl. The normalized spacial score (nSPS) is 12.4. The zero-order valence-corrected chi connectivity index (χ0v) is 11.1. The molecule has 2 aromatic rings. The Bertz CT molecular complexity index is 525. The van der Waals surface area contributed by atoms with Gasteiger partial charge in [0, 0.05) is 5.02 Å². The fourth-order valence-corrected chi connectivity index (χ4v) is 2.34. The summed E-state index contributed by atoms with van der Waals surface area (Å²) < 4.78 is 0. The molecule has 0 aliphatic heterocycles. The monoisotopic (exact) mass is 260 g/mol. The van der Waals surface area contributed by atoms with Gasteiger partial charge in [-0.1, -0.05) is 54.1 Å². The van der Waals surface area contributed by atoms with E-state index in [0.717, 1.165) is 17.0 Å². The molecule has 0 spiro atoms.